The fourth-order valence-electron chi connectivity index (χ4n) is 3.54. The predicted molar refractivity (Wildman–Crippen MR) is 100 cm³/mol. The first-order valence-corrected chi connectivity index (χ1v) is 9.44. The topological polar surface area (TPSA) is 78.9 Å². The van der Waals surface area contributed by atoms with Crippen LogP contribution in [0.5, 0.6) is 0 Å². The summed E-state index contributed by atoms with van der Waals surface area (Å²) in [6.45, 7) is 5.54. The van der Waals surface area contributed by atoms with Gasteiger partial charge in [-0.3, -0.25) is 14.5 Å². The molecule has 6 heteroatoms. The van der Waals surface area contributed by atoms with Crippen LogP contribution in [-0.2, 0) is 20.7 Å². The zero-order valence-electron chi connectivity index (χ0n) is 15.7. The Morgan fingerprint density at radius 2 is 2.08 bits per heavy atom. The standard InChI is InChI=1S/C20H30N2O4/c1-3-26-20(25)17(12-11-16-8-5-4-6-9-16)21-15(2)14-22-13-7-10-18(22)19(23)24/h4-6,8-9,15,17-18,21H,3,7,10-14H2,1-2H3,(H,23,24)/t15-,17-,18+/m0/s1. The number of likely N-dealkylation sites (tertiary alicyclic amines) is 1. The van der Waals surface area contributed by atoms with Crippen LogP contribution in [0.2, 0.25) is 0 Å². The summed E-state index contributed by atoms with van der Waals surface area (Å²) in [4.78, 5) is 25.6. The Hall–Kier alpha value is -1.92. The molecule has 26 heavy (non-hydrogen) atoms. The van der Waals surface area contributed by atoms with Gasteiger partial charge in [0.1, 0.15) is 12.1 Å². The molecule has 1 heterocycles. The van der Waals surface area contributed by atoms with E-state index in [0.717, 1.165) is 19.4 Å². The number of carboxylic acids is 1. The third-order valence-electron chi connectivity index (χ3n) is 4.78. The third-order valence-corrected chi connectivity index (χ3v) is 4.78. The number of ether oxygens (including phenoxy) is 1. The molecule has 1 fully saturated rings. The number of carbonyl (C=O) groups excluding carboxylic acids is 1. The van der Waals surface area contributed by atoms with E-state index >= 15 is 0 Å². The van der Waals surface area contributed by atoms with E-state index in [1.54, 1.807) is 6.92 Å². The van der Waals surface area contributed by atoms with Gasteiger partial charge < -0.3 is 15.2 Å². The van der Waals surface area contributed by atoms with E-state index in [2.05, 4.69) is 5.32 Å². The molecule has 0 spiro atoms. The number of esters is 1. The lowest BCUT2D eigenvalue weighted by molar-refractivity contribution is -0.146. The van der Waals surface area contributed by atoms with Crippen LogP contribution in [0.25, 0.3) is 0 Å². The average molecular weight is 362 g/mol. The van der Waals surface area contributed by atoms with E-state index in [-0.39, 0.29) is 12.0 Å². The fraction of sp³-hybridized carbons (Fsp3) is 0.600. The van der Waals surface area contributed by atoms with Crippen molar-refractivity contribution in [3.8, 4) is 0 Å². The van der Waals surface area contributed by atoms with E-state index in [1.165, 1.54) is 5.56 Å². The van der Waals surface area contributed by atoms with Crippen molar-refractivity contribution in [3.63, 3.8) is 0 Å². The zero-order valence-corrected chi connectivity index (χ0v) is 15.7. The second-order valence-corrected chi connectivity index (χ2v) is 6.89. The van der Waals surface area contributed by atoms with E-state index in [0.29, 0.717) is 26.0 Å². The molecule has 0 aliphatic carbocycles. The number of aliphatic carboxylic acids is 1. The van der Waals surface area contributed by atoms with Crippen LogP contribution >= 0.6 is 0 Å². The van der Waals surface area contributed by atoms with E-state index in [1.807, 2.05) is 42.2 Å². The van der Waals surface area contributed by atoms with Gasteiger partial charge in [-0.1, -0.05) is 30.3 Å². The summed E-state index contributed by atoms with van der Waals surface area (Å²) in [7, 11) is 0. The average Bonchev–Trinajstić information content (AvgIpc) is 3.08. The molecule has 1 aliphatic rings. The van der Waals surface area contributed by atoms with Crippen molar-refractivity contribution in [1.29, 1.82) is 0 Å². The van der Waals surface area contributed by atoms with E-state index in [9.17, 15) is 14.7 Å². The highest BCUT2D eigenvalue weighted by atomic mass is 16.5. The molecule has 144 valence electrons. The molecule has 0 bridgehead atoms. The number of carbonyl (C=O) groups is 2. The quantitative estimate of drug-likeness (QED) is 0.621. The molecule has 3 atom stereocenters. The number of carboxylic acid groups (broad SMARTS) is 1. The summed E-state index contributed by atoms with van der Waals surface area (Å²) in [5.74, 6) is -1.01. The predicted octanol–water partition coefficient (Wildman–Crippen LogP) is 2.08. The third kappa shape index (κ3) is 6.11. The molecule has 0 aromatic heterocycles. The molecule has 2 rings (SSSR count). The maximum absolute atomic E-state index is 12.3. The molecule has 1 saturated heterocycles. The van der Waals surface area contributed by atoms with Gasteiger partial charge in [-0.2, -0.15) is 0 Å². The van der Waals surface area contributed by atoms with Crippen molar-refractivity contribution in [2.24, 2.45) is 0 Å². The smallest absolute Gasteiger partial charge is 0.323 e. The Morgan fingerprint density at radius 1 is 1.35 bits per heavy atom. The highest BCUT2D eigenvalue weighted by Crippen LogP contribution is 2.18. The first kappa shape index (κ1) is 20.4. The summed E-state index contributed by atoms with van der Waals surface area (Å²) in [6, 6.07) is 9.25. The minimum Gasteiger partial charge on any atom is -0.480 e. The van der Waals surface area contributed by atoms with E-state index < -0.39 is 18.1 Å². The number of benzene rings is 1. The van der Waals surface area contributed by atoms with Crippen LogP contribution in [0.4, 0.5) is 0 Å². The van der Waals surface area contributed by atoms with Gasteiger partial charge in [0.25, 0.3) is 0 Å². The maximum atomic E-state index is 12.3. The molecule has 2 N–H and O–H groups in total. The number of nitrogens with zero attached hydrogens (tertiary/aromatic N) is 1. The Morgan fingerprint density at radius 3 is 2.73 bits per heavy atom. The summed E-state index contributed by atoms with van der Waals surface area (Å²) < 4.78 is 5.21. The Bertz CT molecular complexity index is 578. The molecule has 1 aromatic rings. The van der Waals surface area contributed by atoms with Crippen molar-refractivity contribution < 1.29 is 19.4 Å². The van der Waals surface area contributed by atoms with Crippen LogP contribution < -0.4 is 5.32 Å². The van der Waals surface area contributed by atoms with Gasteiger partial charge in [0, 0.05) is 12.6 Å². The first-order chi connectivity index (χ1) is 12.5. The largest absolute Gasteiger partial charge is 0.480 e. The second kappa shape index (κ2) is 10.3. The summed E-state index contributed by atoms with van der Waals surface area (Å²) in [5.41, 5.74) is 1.18. The van der Waals surface area contributed by atoms with Gasteiger partial charge in [-0.25, -0.2) is 0 Å². The molecule has 0 unspecified atom stereocenters. The van der Waals surface area contributed by atoms with Crippen LogP contribution in [0, 0.1) is 0 Å². The number of nitrogens with one attached hydrogen (secondary N) is 1. The fourth-order valence-corrected chi connectivity index (χ4v) is 3.54. The number of rotatable bonds is 10. The highest BCUT2D eigenvalue weighted by molar-refractivity contribution is 5.76. The molecule has 0 amide bonds. The van der Waals surface area contributed by atoms with Gasteiger partial charge in [0.05, 0.1) is 6.61 Å². The van der Waals surface area contributed by atoms with Crippen molar-refractivity contribution in [1.82, 2.24) is 10.2 Å². The molecule has 1 aromatic carbocycles. The van der Waals surface area contributed by atoms with Crippen LogP contribution in [0.1, 0.15) is 38.7 Å². The first-order valence-electron chi connectivity index (χ1n) is 9.44. The monoisotopic (exact) mass is 362 g/mol. The van der Waals surface area contributed by atoms with Gasteiger partial charge in [0.15, 0.2) is 0 Å². The zero-order chi connectivity index (χ0) is 18.9. The van der Waals surface area contributed by atoms with Crippen molar-refractivity contribution in [3.05, 3.63) is 35.9 Å². The minimum absolute atomic E-state index is 0.000120. The number of aryl methyl sites for hydroxylation is 1. The Kier molecular flexibility index (Phi) is 8.06. The number of hydrogen-bond donors (Lipinski definition) is 2. The van der Waals surface area contributed by atoms with Crippen LogP contribution in [-0.4, -0.2) is 59.8 Å². The maximum Gasteiger partial charge on any atom is 0.323 e. The molecule has 1 aliphatic heterocycles. The summed E-state index contributed by atoms with van der Waals surface area (Å²) in [6.07, 6.45) is 3.03. The van der Waals surface area contributed by atoms with Crippen LogP contribution in [0.3, 0.4) is 0 Å². The SMILES string of the molecule is CCOC(=O)[C@H](CCc1ccccc1)N[C@@H](C)CN1CCC[C@@H]1C(=O)O. The lowest BCUT2D eigenvalue weighted by Gasteiger charge is -2.28. The molecular formula is C20H30N2O4. The van der Waals surface area contributed by atoms with Gasteiger partial charge >= 0.3 is 11.9 Å². The minimum atomic E-state index is -0.763. The molecule has 0 radical (unpaired) electrons. The lowest BCUT2D eigenvalue weighted by Crippen LogP contribution is -2.49. The lowest BCUT2D eigenvalue weighted by atomic mass is 10.0. The highest BCUT2D eigenvalue weighted by Gasteiger charge is 2.32. The van der Waals surface area contributed by atoms with Gasteiger partial charge in [0.2, 0.25) is 0 Å². The van der Waals surface area contributed by atoms with E-state index in [4.69, 9.17) is 4.74 Å². The van der Waals surface area contributed by atoms with Gasteiger partial charge in [-0.15, -0.1) is 0 Å². The molecular weight excluding hydrogens is 332 g/mol. The molecule has 0 saturated carbocycles. The second-order valence-electron chi connectivity index (χ2n) is 6.89. The van der Waals surface area contributed by atoms with Gasteiger partial charge in [-0.05, 0) is 51.6 Å². The number of hydrogen-bond acceptors (Lipinski definition) is 5. The summed E-state index contributed by atoms with van der Waals surface area (Å²) >= 11 is 0. The van der Waals surface area contributed by atoms with Crippen molar-refractivity contribution in [2.45, 2.75) is 57.7 Å². The normalized spacial score (nSPS) is 19.8. The summed E-state index contributed by atoms with van der Waals surface area (Å²) in [5, 5.41) is 12.7. The Balaban J connectivity index is 1.92. The van der Waals surface area contributed by atoms with Crippen LogP contribution in [0.15, 0.2) is 30.3 Å². The van der Waals surface area contributed by atoms with Crippen molar-refractivity contribution >= 4 is 11.9 Å². The van der Waals surface area contributed by atoms with Crippen molar-refractivity contribution in [2.75, 3.05) is 19.7 Å². The Labute approximate surface area is 155 Å². The molecule has 6 nitrogen and oxygen atoms in total.